The molecule has 0 aliphatic rings. The second-order valence-corrected chi connectivity index (χ2v) is 5.53. The number of rotatable bonds is 13. The van der Waals surface area contributed by atoms with E-state index < -0.39 is 0 Å². The molecule has 0 radical (unpaired) electrons. The Hall–Kier alpha value is -1.48. The Morgan fingerprint density at radius 1 is 1.09 bits per heavy atom. The van der Waals surface area contributed by atoms with Crippen LogP contribution in [0.2, 0.25) is 0 Å². The van der Waals surface area contributed by atoms with Gasteiger partial charge in [0.2, 0.25) is 0 Å². The number of benzene rings is 1. The molecular weight excluding hydrogens is 274 g/mol. The van der Waals surface area contributed by atoms with Crippen LogP contribution in [0.5, 0.6) is 11.5 Å². The number of unbranched alkanes of at least 4 members (excludes halogenated alkanes) is 5. The molecule has 0 spiro atoms. The van der Waals surface area contributed by atoms with E-state index in [0.717, 1.165) is 24.6 Å². The monoisotopic (exact) mass is 305 g/mol. The first-order chi connectivity index (χ1) is 10.8. The third kappa shape index (κ3) is 7.51. The van der Waals surface area contributed by atoms with E-state index in [-0.39, 0.29) is 0 Å². The predicted molar refractivity (Wildman–Crippen MR) is 93.8 cm³/mol. The van der Waals surface area contributed by atoms with Gasteiger partial charge in [-0.2, -0.15) is 0 Å². The van der Waals surface area contributed by atoms with Crippen LogP contribution in [0.15, 0.2) is 30.9 Å². The quantitative estimate of drug-likeness (QED) is 0.423. The molecule has 124 valence electrons. The Balaban J connectivity index is 2.26. The molecule has 0 bridgehead atoms. The fourth-order valence-electron chi connectivity index (χ4n) is 2.35. The highest BCUT2D eigenvalue weighted by Gasteiger charge is 2.05. The van der Waals surface area contributed by atoms with Crippen molar-refractivity contribution < 1.29 is 9.47 Å². The number of ether oxygens (including phenoxy) is 2. The average Bonchev–Trinajstić information content (AvgIpc) is 2.55. The topological polar surface area (TPSA) is 30.5 Å². The SMILES string of the molecule is C=CCOc1ccc(CNCCCCCCCC)cc1OC. The fourth-order valence-corrected chi connectivity index (χ4v) is 2.35. The number of hydrogen-bond acceptors (Lipinski definition) is 3. The Kier molecular flexibility index (Phi) is 10.2. The maximum Gasteiger partial charge on any atom is 0.161 e. The lowest BCUT2D eigenvalue weighted by atomic mass is 10.1. The van der Waals surface area contributed by atoms with Crippen molar-refractivity contribution in [2.75, 3.05) is 20.3 Å². The van der Waals surface area contributed by atoms with Gasteiger partial charge in [0.25, 0.3) is 0 Å². The van der Waals surface area contributed by atoms with Gasteiger partial charge in [0.1, 0.15) is 6.61 Å². The fraction of sp³-hybridized carbons (Fsp3) is 0.579. The summed E-state index contributed by atoms with van der Waals surface area (Å²) < 4.78 is 10.9. The van der Waals surface area contributed by atoms with Crippen LogP contribution >= 0.6 is 0 Å². The van der Waals surface area contributed by atoms with Gasteiger partial charge in [0.15, 0.2) is 11.5 Å². The summed E-state index contributed by atoms with van der Waals surface area (Å²) in [5, 5.41) is 3.49. The molecule has 0 unspecified atom stereocenters. The summed E-state index contributed by atoms with van der Waals surface area (Å²) in [6, 6.07) is 6.08. The Labute approximate surface area is 135 Å². The van der Waals surface area contributed by atoms with Crippen molar-refractivity contribution >= 4 is 0 Å². The minimum absolute atomic E-state index is 0.492. The molecule has 1 N–H and O–H groups in total. The molecular formula is C19H31NO2. The first kappa shape index (κ1) is 18.6. The zero-order valence-electron chi connectivity index (χ0n) is 14.2. The summed E-state index contributed by atoms with van der Waals surface area (Å²) in [7, 11) is 1.67. The molecule has 0 fully saturated rings. The summed E-state index contributed by atoms with van der Waals surface area (Å²) >= 11 is 0. The van der Waals surface area contributed by atoms with Gasteiger partial charge in [-0.1, -0.05) is 57.7 Å². The van der Waals surface area contributed by atoms with Gasteiger partial charge in [0, 0.05) is 6.54 Å². The Bertz CT molecular complexity index is 418. The van der Waals surface area contributed by atoms with Gasteiger partial charge >= 0.3 is 0 Å². The van der Waals surface area contributed by atoms with E-state index >= 15 is 0 Å². The van der Waals surface area contributed by atoms with Gasteiger partial charge in [-0.05, 0) is 30.7 Å². The van der Waals surface area contributed by atoms with Gasteiger partial charge in [-0.25, -0.2) is 0 Å². The van der Waals surface area contributed by atoms with Crippen LogP contribution in [0.25, 0.3) is 0 Å². The zero-order chi connectivity index (χ0) is 16.0. The molecule has 3 heteroatoms. The predicted octanol–water partition coefficient (Wildman–Crippen LogP) is 4.71. The minimum atomic E-state index is 0.492. The van der Waals surface area contributed by atoms with Crippen molar-refractivity contribution in [1.29, 1.82) is 0 Å². The van der Waals surface area contributed by atoms with Crippen molar-refractivity contribution in [3.05, 3.63) is 36.4 Å². The molecule has 0 amide bonds. The highest BCUT2D eigenvalue weighted by Crippen LogP contribution is 2.28. The summed E-state index contributed by atoms with van der Waals surface area (Å²) in [5.74, 6) is 1.54. The van der Waals surface area contributed by atoms with Gasteiger partial charge in [0.05, 0.1) is 7.11 Å². The maximum absolute atomic E-state index is 5.56. The van der Waals surface area contributed by atoms with E-state index in [2.05, 4.69) is 24.9 Å². The van der Waals surface area contributed by atoms with Crippen molar-refractivity contribution in [2.45, 2.75) is 52.0 Å². The molecule has 0 aliphatic carbocycles. The van der Waals surface area contributed by atoms with Crippen molar-refractivity contribution in [3.8, 4) is 11.5 Å². The van der Waals surface area contributed by atoms with Crippen molar-refractivity contribution in [3.63, 3.8) is 0 Å². The van der Waals surface area contributed by atoms with E-state index in [1.807, 2.05) is 12.1 Å². The lowest BCUT2D eigenvalue weighted by molar-refractivity contribution is 0.326. The first-order valence-corrected chi connectivity index (χ1v) is 8.43. The smallest absolute Gasteiger partial charge is 0.161 e. The molecule has 1 aromatic carbocycles. The second-order valence-electron chi connectivity index (χ2n) is 5.53. The molecule has 0 saturated heterocycles. The van der Waals surface area contributed by atoms with Crippen LogP contribution in [0.4, 0.5) is 0 Å². The Morgan fingerprint density at radius 2 is 1.86 bits per heavy atom. The van der Waals surface area contributed by atoms with Crippen LogP contribution in [-0.2, 0) is 6.54 Å². The minimum Gasteiger partial charge on any atom is -0.493 e. The summed E-state index contributed by atoms with van der Waals surface area (Å²) in [4.78, 5) is 0. The van der Waals surface area contributed by atoms with Crippen LogP contribution in [-0.4, -0.2) is 20.3 Å². The molecule has 0 saturated carbocycles. The van der Waals surface area contributed by atoms with E-state index in [1.165, 1.54) is 44.1 Å². The molecule has 0 aromatic heterocycles. The first-order valence-electron chi connectivity index (χ1n) is 8.43. The second kappa shape index (κ2) is 12.1. The molecule has 0 aliphatic heterocycles. The largest absolute Gasteiger partial charge is 0.493 e. The third-order valence-corrected chi connectivity index (χ3v) is 3.62. The molecule has 1 rings (SSSR count). The standard InChI is InChI=1S/C19H31NO2/c1-4-6-7-8-9-10-13-20-16-17-11-12-18(22-14-5-2)19(15-17)21-3/h5,11-12,15,20H,2,4,6-10,13-14,16H2,1,3H3. The third-order valence-electron chi connectivity index (χ3n) is 3.62. The van der Waals surface area contributed by atoms with Crippen LogP contribution in [0.3, 0.4) is 0 Å². The maximum atomic E-state index is 5.56. The highest BCUT2D eigenvalue weighted by molar-refractivity contribution is 5.43. The summed E-state index contributed by atoms with van der Waals surface area (Å²) in [6.07, 6.45) is 9.72. The highest BCUT2D eigenvalue weighted by atomic mass is 16.5. The van der Waals surface area contributed by atoms with Crippen LogP contribution in [0.1, 0.15) is 51.0 Å². The van der Waals surface area contributed by atoms with E-state index in [0.29, 0.717) is 6.61 Å². The zero-order valence-corrected chi connectivity index (χ0v) is 14.2. The van der Waals surface area contributed by atoms with Gasteiger partial charge < -0.3 is 14.8 Å². The normalized spacial score (nSPS) is 10.5. The number of nitrogens with one attached hydrogen (secondary N) is 1. The number of methoxy groups -OCH3 is 1. The van der Waals surface area contributed by atoms with E-state index in [4.69, 9.17) is 9.47 Å². The molecule has 0 heterocycles. The number of hydrogen-bond donors (Lipinski definition) is 1. The lowest BCUT2D eigenvalue weighted by Gasteiger charge is -2.11. The van der Waals surface area contributed by atoms with Crippen LogP contribution in [0, 0.1) is 0 Å². The van der Waals surface area contributed by atoms with Crippen molar-refractivity contribution in [1.82, 2.24) is 5.32 Å². The van der Waals surface area contributed by atoms with E-state index in [9.17, 15) is 0 Å². The average molecular weight is 305 g/mol. The van der Waals surface area contributed by atoms with Gasteiger partial charge in [-0.3, -0.25) is 0 Å². The van der Waals surface area contributed by atoms with Gasteiger partial charge in [-0.15, -0.1) is 0 Å². The molecule has 22 heavy (non-hydrogen) atoms. The molecule has 1 aromatic rings. The Morgan fingerprint density at radius 3 is 2.59 bits per heavy atom. The summed E-state index contributed by atoms with van der Waals surface area (Å²) in [6.45, 7) is 8.34. The molecule has 3 nitrogen and oxygen atoms in total. The lowest BCUT2D eigenvalue weighted by Crippen LogP contribution is -2.14. The molecule has 0 atom stereocenters. The van der Waals surface area contributed by atoms with E-state index in [1.54, 1.807) is 13.2 Å². The van der Waals surface area contributed by atoms with Crippen LogP contribution < -0.4 is 14.8 Å². The van der Waals surface area contributed by atoms with Crippen molar-refractivity contribution in [2.24, 2.45) is 0 Å². The summed E-state index contributed by atoms with van der Waals surface area (Å²) in [5.41, 5.74) is 1.22.